The summed E-state index contributed by atoms with van der Waals surface area (Å²) < 4.78 is 0. The van der Waals surface area contributed by atoms with Crippen LogP contribution < -0.4 is 11.1 Å². The van der Waals surface area contributed by atoms with Crippen LogP contribution in [-0.2, 0) is 4.79 Å². The highest BCUT2D eigenvalue weighted by Crippen LogP contribution is 2.39. The zero-order valence-electron chi connectivity index (χ0n) is 21.3. The van der Waals surface area contributed by atoms with Crippen molar-refractivity contribution in [3.05, 3.63) is 65.2 Å². The van der Waals surface area contributed by atoms with Crippen molar-refractivity contribution in [3.63, 3.8) is 0 Å². The highest BCUT2D eigenvalue weighted by molar-refractivity contribution is 6.20. The fourth-order valence-corrected chi connectivity index (χ4v) is 5.10. The number of carbonyl (C=O) groups excluding carboxylic acids is 3. The average Bonchev–Trinajstić information content (AvgIpc) is 3.28. The van der Waals surface area contributed by atoms with E-state index in [9.17, 15) is 14.4 Å². The lowest BCUT2D eigenvalue weighted by molar-refractivity contribution is -0.115. The van der Waals surface area contributed by atoms with Gasteiger partial charge in [-0.2, -0.15) is 5.26 Å². The van der Waals surface area contributed by atoms with Gasteiger partial charge in [0.15, 0.2) is 0 Å². The maximum absolute atomic E-state index is 13.2. The Balaban J connectivity index is 1.64. The number of nitrogens with two attached hydrogens (primary N) is 1. The molecular formula is C29H28N6O3. The lowest BCUT2D eigenvalue weighted by Gasteiger charge is -2.32. The van der Waals surface area contributed by atoms with Gasteiger partial charge in [-0.05, 0) is 54.9 Å². The Morgan fingerprint density at radius 1 is 1.05 bits per heavy atom. The number of likely N-dealkylation sites (N-methyl/N-ethyl adjacent to an activating group) is 1. The van der Waals surface area contributed by atoms with E-state index >= 15 is 0 Å². The molecule has 4 aromatic rings. The number of nitrogens with one attached hydrogen (secondary N) is 2. The molecule has 1 aliphatic rings. The third-order valence-corrected chi connectivity index (χ3v) is 7.19. The topological polar surface area (TPSA) is 135 Å². The van der Waals surface area contributed by atoms with Gasteiger partial charge in [-0.25, -0.2) is 0 Å². The van der Waals surface area contributed by atoms with E-state index in [2.05, 4.69) is 15.2 Å². The number of aromatic amines is 1. The quantitative estimate of drug-likeness (QED) is 0.378. The molecule has 3 aromatic carbocycles. The van der Waals surface area contributed by atoms with Gasteiger partial charge in [-0.3, -0.25) is 14.4 Å². The van der Waals surface area contributed by atoms with E-state index in [-0.39, 0.29) is 18.2 Å². The minimum Gasteiger partial charge on any atom is -0.366 e. The van der Waals surface area contributed by atoms with Gasteiger partial charge in [0.2, 0.25) is 5.91 Å². The van der Waals surface area contributed by atoms with Gasteiger partial charge in [0.05, 0.1) is 17.1 Å². The summed E-state index contributed by atoms with van der Waals surface area (Å²) >= 11 is 0. The van der Waals surface area contributed by atoms with Gasteiger partial charge in [0.25, 0.3) is 11.8 Å². The molecule has 0 atom stereocenters. The highest BCUT2D eigenvalue weighted by Gasteiger charge is 2.23. The first-order valence-electron chi connectivity index (χ1n) is 12.4. The number of aromatic nitrogens is 1. The van der Waals surface area contributed by atoms with Crippen LogP contribution in [0.1, 0.15) is 32.7 Å². The number of anilines is 1. The summed E-state index contributed by atoms with van der Waals surface area (Å²) in [5.41, 5.74) is 11.1. The third-order valence-electron chi connectivity index (χ3n) is 7.19. The summed E-state index contributed by atoms with van der Waals surface area (Å²) in [6.07, 6.45) is -0.237. The van der Waals surface area contributed by atoms with Crippen LogP contribution in [0.4, 0.5) is 5.69 Å². The minimum atomic E-state index is -0.559. The molecule has 9 nitrogen and oxygen atoms in total. The van der Waals surface area contributed by atoms with Crippen molar-refractivity contribution in [2.45, 2.75) is 13.3 Å². The summed E-state index contributed by atoms with van der Waals surface area (Å²) in [5, 5.41) is 13.3. The van der Waals surface area contributed by atoms with E-state index in [0.29, 0.717) is 35.4 Å². The van der Waals surface area contributed by atoms with Gasteiger partial charge in [0, 0.05) is 53.7 Å². The Morgan fingerprint density at radius 2 is 1.82 bits per heavy atom. The van der Waals surface area contributed by atoms with Crippen LogP contribution in [0.25, 0.3) is 32.9 Å². The number of benzene rings is 3. The summed E-state index contributed by atoms with van der Waals surface area (Å²) in [6.45, 7) is 4.92. The van der Waals surface area contributed by atoms with Crippen LogP contribution in [-0.4, -0.2) is 65.7 Å². The maximum Gasteiger partial charge on any atom is 0.254 e. The molecule has 1 fully saturated rings. The fraction of sp³-hybridized carbons (Fsp3) is 0.241. The molecule has 0 radical (unpaired) electrons. The first-order valence-corrected chi connectivity index (χ1v) is 12.4. The fourth-order valence-electron chi connectivity index (χ4n) is 5.10. The number of fused-ring (bicyclic) bond motifs is 3. The predicted octanol–water partition coefficient (Wildman–Crippen LogP) is 3.64. The Bertz CT molecular complexity index is 1640. The van der Waals surface area contributed by atoms with E-state index < -0.39 is 5.91 Å². The zero-order chi connectivity index (χ0) is 27.0. The summed E-state index contributed by atoms with van der Waals surface area (Å²) in [7, 11) is 2.05. The predicted molar refractivity (Wildman–Crippen MR) is 147 cm³/mol. The number of rotatable bonds is 5. The molecule has 0 bridgehead atoms. The standard InChI is InChI=1S/C29H28N6O3/c1-17-19(4-3-5-23(17)32-25(36)10-11-30)20-8-9-22(28(31)37)27-26(20)21-7-6-18(16-24(21)33-27)29(38)35-14-12-34(2)13-15-35/h3-9,16,33H,10,12-15H2,1-2H3,(H2,31,37)(H,32,36). The number of hydrogen-bond donors (Lipinski definition) is 3. The van der Waals surface area contributed by atoms with Crippen molar-refractivity contribution >= 4 is 45.2 Å². The summed E-state index contributed by atoms with van der Waals surface area (Å²) in [4.78, 5) is 45.0. The molecule has 3 amide bonds. The lowest BCUT2D eigenvalue weighted by atomic mass is 9.93. The second-order valence-electron chi connectivity index (χ2n) is 9.62. The summed E-state index contributed by atoms with van der Waals surface area (Å²) in [5.74, 6) is -0.964. The molecule has 0 spiro atoms. The number of nitriles is 1. The second-order valence-corrected chi connectivity index (χ2v) is 9.62. The summed E-state index contributed by atoms with van der Waals surface area (Å²) in [6, 6.07) is 16.5. The third kappa shape index (κ3) is 4.46. The van der Waals surface area contributed by atoms with E-state index in [1.807, 2.05) is 61.3 Å². The molecule has 192 valence electrons. The average molecular weight is 509 g/mol. The van der Waals surface area contributed by atoms with Crippen molar-refractivity contribution in [1.82, 2.24) is 14.8 Å². The van der Waals surface area contributed by atoms with Crippen LogP contribution in [0.2, 0.25) is 0 Å². The highest BCUT2D eigenvalue weighted by atomic mass is 16.2. The largest absolute Gasteiger partial charge is 0.366 e. The molecule has 38 heavy (non-hydrogen) atoms. The molecule has 0 unspecified atom stereocenters. The number of nitrogens with zero attached hydrogens (tertiary/aromatic N) is 3. The first-order chi connectivity index (χ1) is 18.3. The van der Waals surface area contributed by atoms with Gasteiger partial charge in [-0.1, -0.05) is 24.3 Å². The van der Waals surface area contributed by atoms with E-state index in [0.717, 1.165) is 46.1 Å². The van der Waals surface area contributed by atoms with Gasteiger partial charge < -0.3 is 25.8 Å². The lowest BCUT2D eigenvalue weighted by Crippen LogP contribution is -2.47. The minimum absolute atomic E-state index is 0.0225. The molecule has 1 saturated heterocycles. The first kappa shape index (κ1) is 25.0. The van der Waals surface area contributed by atoms with Gasteiger partial charge in [0.1, 0.15) is 6.42 Å². The molecule has 0 saturated carbocycles. The Hall–Kier alpha value is -4.68. The number of primary amides is 1. The van der Waals surface area contributed by atoms with Crippen LogP contribution in [0, 0.1) is 18.3 Å². The van der Waals surface area contributed by atoms with Crippen molar-refractivity contribution in [1.29, 1.82) is 5.26 Å². The SMILES string of the molecule is Cc1c(NC(=O)CC#N)cccc1-c1ccc(C(N)=O)c2[nH]c3cc(C(=O)N4CCN(C)CC4)ccc3c12. The molecule has 4 N–H and O–H groups in total. The Labute approximate surface area is 219 Å². The second kappa shape index (κ2) is 10.00. The van der Waals surface area contributed by atoms with Crippen LogP contribution in [0.5, 0.6) is 0 Å². The number of hydrogen-bond acceptors (Lipinski definition) is 5. The normalized spacial score (nSPS) is 14.0. The maximum atomic E-state index is 13.2. The molecule has 9 heteroatoms. The van der Waals surface area contributed by atoms with Gasteiger partial charge >= 0.3 is 0 Å². The Kier molecular flexibility index (Phi) is 6.57. The molecular weight excluding hydrogens is 480 g/mol. The van der Waals surface area contributed by atoms with Crippen LogP contribution >= 0.6 is 0 Å². The van der Waals surface area contributed by atoms with E-state index in [1.54, 1.807) is 12.1 Å². The van der Waals surface area contributed by atoms with Crippen LogP contribution in [0.3, 0.4) is 0 Å². The van der Waals surface area contributed by atoms with Crippen molar-refractivity contribution < 1.29 is 14.4 Å². The molecule has 5 rings (SSSR count). The Morgan fingerprint density at radius 3 is 2.53 bits per heavy atom. The van der Waals surface area contributed by atoms with E-state index in [1.165, 1.54) is 0 Å². The van der Waals surface area contributed by atoms with Crippen LogP contribution in [0.15, 0.2) is 48.5 Å². The van der Waals surface area contributed by atoms with Gasteiger partial charge in [-0.15, -0.1) is 0 Å². The molecule has 2 heterocycles. The zero-order valence-corrected chi connectivity index (χ0v) is 21.3. The molecule has 1 aromatic heterocycles. The monoisotopic (exact) mass is 508 g/mol. The molecule has 1 aliphatic heterocycles. The number of H-pyrrole nitrogens is 1. The van der Waals surface area contributed by atoms with Crippen molar-refractivity contribution in [3.8, 4) is 17.2 Å². The van der Waals surface area contributed by atoms with E-state index in [4.69, 9.17) is 11.0 Å². The number of piperazine rings is 1. The van der Waals surface area contributed by atoms with Crippen molar-refractivity contribution in [2.75, 3.05) is 38.5 Å². The van der Waals surface area contributed by atoms with Crippen molar-refractivity contribution in [2.24, 2.45) is 5.73 Å². The number of amides is 3. The number of carbonyl (C=O) groups is 3. The smallest absolute Gasteiger partial charge is 0.254 e. The molecule has 0 aliphatic carbocycles.